The largest absolute Gasteiger partial charge is 0.467 e. The van der Waals surface area contributed by atoms with Gasteiger partial charge in [0.2, 0.25) is 5.91 Å². The van der Waals surface area contributed by atoms with Crippen LogP contribution in [-0.2, 0) is 14.3 Å². The van der Waals surface area contributed by atoms with Crippen molar-refractivity contribution >= 4 is 11.9 Å². The molecule has 1 aliphatic heterocycles. The number of esters is 1. The molecule has 1 amide bonds. The highest BCUT2D eigenvalue weighted by atomic mass is 16.5. The van der Waals surface area contributed by atoms with E-state index in [0.717, 1.165) is 0 Å². The first-order valence-electron chi connectivity index (χ1n) is 6.97. The molecule has 2 unspecified atom stereocenters. The Morgan fingerprint density at radius 3 is 2.37 bits per heavy atom. The van der Waals surface area contributed by atoms with Gasteiger partial charge in [-0.05, 0) is 16.7 Å². The summed E-state index contributed by atoms with van der Waals surface area (Å²) in [6.45, 7) is 11.2. The summed E-state index contributed by atoms with van der Waals surface area (Å²) in [5.41, 5.74) is 0.109. The standard InChI is InChI=1S/C15H25NO3/c1-14(2,3)7-10(17)16-8-9-11(15(9,4)5)12(16)13(18)19-6/h9,11-12H,7-8H2,1-6H3/t9?,11?,12-/m0/s1. The molecule has 1 aliphatic carbocycles. The van der Waals surface area contributed by atoms with Crippen molar-refractivity contribution < 1.29 is 14.3 Å². The predicted molar refractivity (Wildman–Crippen MR) is 72.4 cm³/mol. The SMILES string of the molecule is COC(=O)[C@@H]1C2C(CN1C(=O)CC(C)(C)C)C2(C)C. The Labute approximate surface area is 115 Å². The van der Waals surface area contributed by atoms with Gasteiger partial charge in [0.25, 0.3) is 0 Å². The number of ether oxygens (including phenoxy) is 1. The molecule has 0 aromatic heterocycles. The van der Waals surface area contributed by atoms with Crippen LogP contribution >= 0.6 is 0 Å². The third-order valence-corrected chi connectivity index (χ3v) is 4.65. The number of nitrogens with zero attached hydrogens (tertiary/aromatic N) is 1. The summed E-state index contributed by atoms with van der Waals surface area (Å²) in [6.07, 6.45) is 0.473. The topological polar surface area (TPSA) is 46.6 Å². The minimum Gasteiger partial charge on any atom is -0.467 e. The number of carbonyl (C=O) groups excluding carboxylic acids is 2. The van der Waals surface area contributed by atoms with E-state index in [1.807, 2.05) is 20.8 Å². The van der Waals surface area contributed by atoms with E-state index in [1.54, 1.807) is 4.90 Å². The van der Waals surface area contributed by atoms with Gasteiger partial charge in [0.1, 0.15) is 6.04 Å². The third-order valence-electron chi connectivity index (χ3n) is 4.65. The Balaban J connectivity index is 2.14. The van der Waals surface area contributed by atoms with E-state index in [0.29, 0.717) is 18.9 Å². The zero-order valence-electron chi connectivity index (χ0n) is 12.8. The Bertz CT molecular complexity index is 408. The molecule has 19 heavy (non-hydrogen) atoms. The number of hydrogen-bond donors (Lipinski definition) is 0. The fourth-order valence-corrected chi connectivity index (χ4v) is 3.49. The first-order chi connectivity index (χ1) is 8.59. The Morgan fingerprint density at radius 2 is 1.89 bits per heavy atom. The molecule has 0 aromatic carbocycles. The molecule has 0 spiro atoms. The molecular weight excluding hydrogens is 242 g/mol. The maximum atomic E-state index is 12.4. The van der Waals surface area contributed by atoms with Crippen molar-refractivity contribution in [3.8, 4) is 0 Å². The molecule has 4 heteroatoms. The summed E-state index contributed by atoms with van der Waals surface area (Å²) in [5.74, 6) is 0.524. The van der Waals surface area contributed by atoms with Crippen LogP contribution in [0.25, 0.3) is 0 Å². The van der Waals surface area contributed by atoms with Crippen molar-refractivity contribution in [3.05, 3.63) is 0 Å². The second kappa shape index (κ2) is 4.22. The van der Waals surface area contributed by atoms with Gasteiger partial charge in [-0.1, -0.05) is 34.6 Å². The normalized spacial score (nSPS) is 31.9. The molecule has 2 fully saturated rings. The molecule has 0 bridgehead atoms. The molecule has 108 valence electrons. The molecule has 2 aliphatic rings. The van der Waals surface area contributed by atoms with Crippen LogP contribution in [0, 0.1) is 22.7 Å². The highest BCUT2D eigenvalue weighted by Gasteiger charge is 2.69. The van der Waals surface area contributed by atoms with Crippen LogP contribution in [-0.4, -0.2) is 36.5 Å². The average Bonchev–Trinajstić information content (AvgIpc) is 2.65. The maximum Gasteiger partial charge on any atom is 0.328 e. The van der Waals surface area contributed by atoms with Crippen LogP contribution < -0.4 is 0 Å². The van der Waals surface area contributed by atoms with Gasteiger partial charge in [-0.3, -0.25) is 4.79 Å². The Kier molecular flexibility index (Phi) is 3.19. The van der Waals surface area contributed by atoms with E-state index in [-0.39, 0.29) is 34.7 Å². The monoisotopic (exact) mass is 267 g/mol. The minimum absolute atomic E-state index is 0.0555. The van der Waals surface area contributed by atoms with Crippen LogP contribution in [0.2, 0.25) is 0 Å². The summed E-state index contributed by atoms with van der Waals surface area (Å²) in [6, 6.07) is -0.375. The van der Waals surface area contributed by atoms with E-state index in [4.69, 9.17) is 4.74 Å². The molecule has 1 saturated heterocycles. The van der Waals surface area contributed by atoms with Gasteiger partial charge in [0.15, 0.2) is 0 Å². The fraction of sp³-hybridized carbons (Fsp3) is 0.867. The van der Waals surface area contributed by atoms with Gasteiger partial charge in [-0.15, -0.1) is 0 Å². The Morgan fingerprint density at radius 1 is 1.32 bits per heavy atom. The summed E-state index contributed by atoms with van der Waals surface area (Å²) in [4.78, 5) is 26.1. The lowest BCUT2D eigenvalue weighted by molar-refractivity contribution is -0.153. The molecular formula is C15H25NO3. The second-order valence-electron chi connectivity index (χ2n) is 7.71. The van der Waals surface area contributed by atoms with Gasteiger partial charge in [-0.25, -0.2) is 4.79 Å². The molecule has 0 radical (unpaired) electrons. The molecule has 3 atom stereocenters. The second-order valence-corrected chi connectivity index (χ2v) is 7.71. The number of amides is 1. The van der Waals surface area contributed by atoms with Crippen molar-refractivity contribution in [2.24, 2.45) is 22.7 Å². The van der Waals surface area contributed by atoms with Crippen molar-refractivity contribution in [1.82, 2.24) is 4.90 Å². The van der Waals surface area contributed by atoms with Crippen LogP contribution in [0.1, 0.15) is 41.0 Å². The minimum atomic E-state index is -0.375. The highest BCUT2D eigenvalue weighted by Crippen LogP contribution is 2.65. The number of carbonyl (C=O) groups is 2. The molecule has 0 N–H and O–H groups in total. The number of piperidine rings is 1. The maximum absolute atomic E-state index is 12.4. The summed E-state index contributed by atoms with van der Waals surface area (Å²) < 4.78 is 4.90. The van der Waals surface area contributed by atoms with Crippen LogP contribution in [0.3, 0.4) is 0 Å². The van der Waals surface area contributed by atoms with Crippen molar-refractivity contribution in [3.63, 3.8) is 0 Å². The number of likely N-dealkylation sites (tertiary alicyclic amines) is 1. The number of hydrogen-bond acceptors (Lipinski definition) is 3. The first kappa shape index (κ1) is 14.4. The Hall–Kier alpha value is -1.06. The zero-order chi connectivity index (χ0) is 14.6. The predicted octanol–water partition coefficient (Wildman–Crippen LogP) is 2.08. The van der Waals surface area contributed by atoms with Crippen molar-refractivity contribution in [2.45, 2.75) is 47.1 Å². The average molecular weight is 267 g/mol. The molecule has 4 nitrogen and oxygen atoms in total. The zero-order valence-corrected chi connectivity index (χ0v) is 12.8. The van der Waals surface area contributed by atoms with E-state index in [1.165, 1.54) is 7.11 Å². The highest BCUT2D eigenvalue weighted by molar-refractivity contribution is 5.86. The molecule has 1 saturated carbocycles. The fourth-order valence-electron chi connectivity index (χ4n) is 3.49. The third kappa shape index (κ3) is 2.37. The van der Waals surface area contributed by atoms with Gasteiger partial charge >= 0.3 is 5.97 Å². The van der Waals surface area contributed by atoms with E-state index in [9.17, 15) is 9.59 Å². The van der Waals surface area contributed by atoms with Crippen LogP contribution in [0.15, 0.2) is 0 Å². The van der Waals surface area contributed by atoms with E-state index >= 15 is 0 Å². The van der Waals surface area contributed by atoms with Gasteiger partial charge < -0.3 is 9.64 Å². The first-order valence-corrected chi connectivity index (χ1v) is 6.97. The van der Waals surface area contributed by atoms with Crippen molar-refractivity contribution in [1.29, 1.82) is 0 Å². The molecule has 2 rings (SSSR count). The lowest BCUT2D eigenvalue weighted by Gasteiger charge is -2.31. The van der Waals surface area contributed by atoms with Crippen LogP contribution in [0.4, 0.5) is 0 Å². The van der Waals surface area contributed by atoms with Crippen molar-refractivity contribution in [2.75, 3.05) is 13.7 Å². The quantitative estimate of drug-likeness (QED) is 0.720. The number of fused-ring (bicyclic) bond motifs is 1. The summed E-state index contributed by atoms with van der Waals surface area (Å²) in [7, 11) is 1.40. The summed E-state index contributed by atoms with van der Waals surface area (Å²) >= 11 is 0. The summed E-state index contributed by atoms with van der Waals surface area (Å²) in [5, 5.41) is 0. The van der Waals surface area contributed by atoms with Gasteiger partial charge in [0, 0.05) is 18.9 Å². The molecule has 1 heterocycles. The number of methoxy groups -OCH3 is 1. The van der Waals surface area contributed by atoms with E-state index < -0.39 is 0 Å². The lowest BCUT2D eigenvalue weighted by Crippen LogP contribution is -2.46. The smallest absolute Gasteiger partial charge is 0.328 e. The van der Waals surface area contributed by atoms with Gasteiger partial charge in [-0.2, -0.15) is 0 Å². The van der Waals surface area contributed by atoms with E-state index in [2.05, 4.69) is 13.8 Å². The molecule has 0 aromatic rings. The van der Waals surface area contributed by atoms with Crippen LogP contribution in [0.5, 0.6) is 0 Å². The lowest BCUT2D eigenvalue weighted by atomic mass is 9.91. The number of rotatable bonds is 2. The van der Waals surface area contributed by atoms with Gasteiger partial charge in [0.05, 0.1) is 7.11 Å².